The molecule has 0 unspecified atom stereocenters. The van der Waals surface area contributed by atoms with Crippen LogP contribution in [0.15, 0.2) is 115 Å². The molecule has 0 fully saturated rings. The van der Waals surface area contributed by atoms with Crippen LogP contribution in [0.1, 0.15) is 10.4 Å². The van der Waals surface area contributed by atoms with Crippen LogP contribution in [0, 0.1) is 0 Å². The number of carboxylic acids is 1. The molecule has 49 heavy (non-hydrogen) atoms. The van der Waals surface area contributed by atoms with Gasteiger partial charge in [0.05, 0.1) is 5.56 Å². The standard InChI is InChI=1S/C39H22N8O2/c48-39(49)21-15-13-20(14-16-21)22-17-18-29-30(19-22)38-46-36-28-12-6-5-11-27(28)34(44-36)42-32-24-8-2-1-7-23(24)31(40-32)41-33-25-9-3-4-10-26(25)35(43-33)45-37(29)47-38/h1-19H,(H,48,49)(H2,40,41,42,43,44,45,46,47). The van der Waals surface area contributed by atoms with E-state index in [1.807, 2.05) is 103 Å². The molecule has 0 amide bonds. The second kappa shape index (κ2) is 10.2. The lowest BCUT2D eigenvalue weighted by Crippen LogP contribution is -1.94. The van der Waals surface area contributed by atoms with Gasteiger partial charge in [0, 0.05) is 43.8 Å². The first-order valence-electron chi connectivity index (χ1n) is 15.7. The van der Waals surface area contributed by atoms with Crippen molar-refractivity contribution in [3.63, 3.8) is 0 Å². The van der Waals surface area contributed by atoms with Crippen LogP contribution in [-0.2, 0) is 0 Å². The molecule has 2 aliphatic rings. The molecule has 10 nitrogen and oxygen atoms in total. The molecule has 0 aliphatic carbocycles. The van der Waals surface area contributed by atoms with Crippen molar-refractivity contribution >= 4 is 50.1 Å². The Kier molecular flexibility index (Phi) is 5.65. The normalized spacial score (nSPS) is 11.8. The van der Waals surface area contributed by atoms with E-state index < -0.39 is 5.97 Å². The molecule has 0 atom stereocenters. The molecule has 230 valence electrons. The summed E-state index contributed by atoms with van der Waals surface area (Å²) in [7, 11) is 0. The Morgan fingerprint density at radius 2 is 0.816 bits per heavy atom. The van der Waals surface area contributed by atoms with Crippen molar-refractivity contribution in [2.24, 2.45) is 0 Å². The van der Waals surface area contributed by atoms with Gasteiger partial charge >= 0.3 is 5.97 Å². The van der Waals surface area contributed by atoms with E-state index in [1.165, 1.54) is 0 Å². The third-order valence-corrected chi connectivity index (χ3v) is 9.02. The summed E-state index contributed by atoms with van der Waals surface area (Å²) in [5.74, 6) is 1.17. The third-order valence-electron chi connectivity index (χ3n) is 9.02. The molecule has 3 N–H and O–H groups in total. The Bertz CT molecular complexity index is 2870. The van der Waals surface area contributed by atoms with Crippen molar-refractivity contribution in [3.05, 3.63) is 121 Å². The van der Waals surface area contributed by atoms with E-state index in [9.17, 15) is 9.90 Å². The zero-order valence-corrected chi connectivity index (χ0v) is 25.5. The number of rotatable bonds is 2. The Morgan fingerprint density at radius 3 is 1.27 bits per heavy atom. The number of benzene rings is 5. The van der Waals surface area contributed by atoms with Crippen LogP contribution in [-0.4, -0.2) is 50.9 Å². The molecule has 8 aromatic rings. The number of nitrogens with one attached hydrogen (secondary N) is 2. The van der Waals surface area contributed by atoms with E-state index in [2.05, 4.69) is 9.97 Å². The topological polar surface area (TPSA) is 146 Å². The van der Waals surface area contributed by atoms with Crippen molar-refractivity contribution < 1.29 is 9.90 Å². The average molecular weight is 635 g/mol. The molecule has 0 spiro atoms. The summed E-state index contributed by atoms with van der Waals surface area (Å²) < 4.78 is 0. The summed E-state index contributed by atoms with van der Waals surface area (Å²) in [4.78, 5) is 48.6. The van der Waals surface area contributed by atoms with Crippen LogP contribution >= 0.6 is 0 Å². The highest BCUT2D eigenvalue weighted by Gasteiger charge is 2.22. The van der Waals surface area contributed by atoms with Gasteiger partial charge in [-0.2, -0.15) is 0 Å². The number of fused-ring (bicyclic) bond motifs is 20. The highest BCUT2D eigenvalue weighted by atomic mass is 16.4. The van der Waals surface area contributed by atoms with Gasteiger partial charge in [0.15, 0.2) is 23.3 Å². The predicted octanol–water partition coefficient (Wildman–Crippen LogP) is 8.23. The Balaban J connectivity index is 1.34. The molecular weight excluding hydrogens is 612 g/mol. The number of nitrogens with zero attached hydrogens (tertiary/aromatic N) is 6. The quantitative estimate of drug-likeness (QED) is 0.172. The lowest BCUT2D eigenvalue weighted by Gasteiger charge is -2.03. The van der Waals surface area contributed by atoms with Gasteiger partial charge in [0.25, 0.3) is 0 Å². The van der Waals surface area contributed by atoms with Gasteiger partial charge in [0.1, 0.15) is 22.6 Å². The van der Waals surface area contributed by atoms with E-state index in [1.54, 1.807) is 12.1 Å². The van der Waals surface area contributed by atoms with Crippen LogP contribution in [0.25, 0.3) is 101 Å². The van der Waals surface area contributed by atoms with Gasteiger partial charge in [-0.1, -0.05) is 91.0 Å². The fourth-order valence-corrected chi connectivity index (χ4v) is 6.63. The zero-order valence-electron chi connectivity index (χ0n) is 25.5. The van der Waals surface area contributed by atoms with Crippen LogP contribution in [0.2, 0.25) is 0 Å². The smallest absolute Gasteiger partial charge is 0.335 e. The van der Waals surface area contributed by atoms with Crippen LogP contribution < -0.4 is 0 Å². The maximum absolute atomic E-state index is 11.5. The number of hydrogen-bond acceptors (Lipinski definition) is 7. The maximum Gasteiger partial charge on any atom is 0.335 e. The molecule has 2 aliphatic heterocycles. The van der Waals surface area contributed by atoms with E-state index >= 15 is 0 Å². The number of hydrogen-bond donors (Lipinski definition) is 3. The molecule has 3 aromatic heterocycles. The fraction of sp³-hybridized carbons (Fsp3) is 0. The van der Waals surface area contributed by atoms with Gasteiger partial charge in [-0.05, 0) is 35.4 Å². The van der Waals surface area contributed by atoms with Crippen molar-refractivity contribution in [1.29, 1.82) is 0 Å². The summed E-state index contributed by atoms with van der Waals surface area (Å²) >= 11 is 0. The number of aromatic amines is 2. The third kappa shape index (κ3) is 4.24. The molecule has 8 bridgehead atoms. The monoisotopic (exact) mass is 634 g/mol. The van der Waals surface area contributed by atoms with Crippen LogP contribution in [0.5, 0.6) is 0 Å². The number of carbonyl (C=O) groups is 1. The lowest BCUT2D eigenvalue weighted by molar-refractivity contribution is 0.0697. The Morgan fingerprint density at radius 1 is 0.429 bits per heavy atom. The van der Waals surface area contributed by atoms with E-state index in [0.29, 0.717) is 45.9 Å². The second-order valence-electron chi connectivity index (χ2n) is 11.9. The van der Waals surface area contributed by atoms with Crippen molar-refractivity contribution in [2.45, 2.75) is 0 Å². The molecule has 0 saturated heterocycles. The largest absolute Gasteiger partial charge is 0.478 e. The van der Waals surface area contributed by atoms with Crippen molar-refractivity contribution in [1.82, 2.24) is 39.9 Å². The van der Waals surface area contributed by atoms with Gasteiger partial charge in [-0.3, -0.25) is 0 Å². The highest BCUT2D eigenvalue weighted by molar-refractivity contribution is 6.07. The van der Waals surface area contributed by atoms with Crippen LogP contribution in [0.3, 0.4) is 0 Å². The average Bonchev–Trinajstić information content (AvgIpc) is 3.87. The first kappa shape index (κ1) is 27.1. The zero-order chi connectivity index (χ0) is 32.6. The van der Waals surface area contributed by atoms with Crippen molar-refractivity contribution in [2.75, 3.05) is 0 Å². The highest BCUT2D eigenvalue weighted by Crippen LogP contribution is 2.37. The van der Waals surface area contributed by atoms with E-state index in [-0.39, 0.29) is 5.56 Å². The molecule has 0 radical (unpaired) electrons. The number of carboxylic acid groups (broad SMARTS) is 1. The van der Waals surface area contributed by atoms with Gasteiger partial charge in [-0.25, -0.2) is 34.7 Å². The van der Waals surface area contributed by atoms with Gasteiger partial charge < -0.3 is 15.1 Å². The summed E-state index contributed by atoms with van der Waals surface area (Å²) in [6.07, 6.45) is 0. The maximum atomic E-state index is 11.5. The predicted molar refractivity (Wildman–Crippen MR) is 188 cm³/mol. The molecule has 5 aromatic carbocycles. The fourth-order valence-electron chi connectivity index (χ4n) is 6.63. The van der Waals surface area contributed by atoms with Crippen molar-refractivity contribution in [3.8, 4) is 56.7 Å². The first-order valence-corrected chi connectivity index (χ1v) is 15.7. The minimum absolute atomic E-state index is 0.228. The Labute approximate surface area is 276 Å². The number of aromatic carboxylic acids is 1. The molecule has 10 heteroatoms. The SMILES string of the molecule is O=C(O)c1ccc(-c2ccc3c4nc5nc(nc6[nH]c(nc7nc(nc([nH]4)c3c2)-c2ccccc2-7)c2ccccc62)-c2ccccc2-5)cc1. The van der Waals surface area contributed by atoms with E-state index in [0.717, 1.165) is 54.9 Å². The molecule has 0 saturated carbocycles. The lowest BCUT2D eigenvalue weighted by atomic mass is 10.0. The molecule has 5 heterocycles. The summed E-state index contributed by atoms with van der Waals surface area (Å²) in [5.41, 5.74) is 7.95. The minimum Gasteiger partial charge on any atom is -0.478 e. The summed E-state index contributed by atoms with van der Waals surface area (Å²) in [6, 6.07) is 36.7. The van der Waals surface area contributed by atoms with Gasteiger partial charge in [0.2, 0.25) is 0 Å². The molecular formula is C39H22N8O2. The summed E-state index contributed by atoms with van der Waals surface area (Å²) in [6.45, 7) is 0. The minimum atomic E-state index is -0.967. The number of aromatic nitrogens is 8. The Hall–Kier alpha value is -7.07. The van der Waals surface area contributed by atoms with E-state index in [4.69, 9.17) is 29.9 Å². The van der Waals surface area contributed by atoms with Crippen LogP contribution in [0.4, 0.5) is 0 Å². The summed E-state index contributed by atoms with van der Waals surface area (Å²) in [5, 5.41) is 12.9. The van der Waals surface area contributed by atoms with Gasteiger partial charge in [-0.15, -0.1) is 0 Å². The number of H-pyrrole nitrogens is 2. The molecule has 10 rings (SSSR count). The first-order chi connectivity index (χ1) is 24.1. The second-order valence-corrected chi connectivity index (χ2v) is 11.9.